The first kappa shape index (κ1) is 16.8. The van der Waals surface area contributed by atoms with Crippen LogP contribution in [0.25, 0.3) is 0 Å². The van der Waals surface area contributed by atoms with E-state index >= 15 is 0 Å². The third-order valence-corrected chi connectivity index (χ3v) is 2.94. The SMILES string of the molecule is COc1cc(CN[C@@H](CCC(N)=O)C(=O)O)cc(OC)c1. The Morgan fingerprint density at radius 1 is 1.24 bits per heavy atom. The Morgan fingerprint density at radius 2 is 1.81 bits per heavy atom. The van der Waals surface area contributed by atoms with Crippen molar-refractivity contribution >= 4 is 11.9 Å². The fraction of sp³-hybridized carbons (Fsp3) is 0.429. The number of rotatable bonds is 9. The Hall–Kier alpha value is -2.28. The van der Waals surface area contributed by atoms with E-state index < -0.39 is 17.9 Å². The van der Waals surface area contributed by atoms with Crippen molar-refractivity contribution in [3.05, 3.63) is 23.8 Å². The quantitative estimate of drug-likeness (QED) is 0.612. The zero-order chi connectivity index (χ0) is 15.8. The molecule has 116 valence electrons. The number of methoxy groups -OCH3 is 2. The highest BCUT2D eigenvalue weighted by Gasteiger charge is 2.17. The first-order valence-electron chi connectivity index (χ1n) is 6.42. The van der Waals surface area contributed by atoms with Gasteiger partial charge in [-0.25, -0.2) is 0 Å². The smallest absolute Gasteiger partial charge is 0.320 e. The molecule has 0 saturated heterocycles. The number of ether oxygens (including phenoxy) is 2. The minimum atomic E-state index is -1.02. The summed E-state index contributed by atoms with van der Waals surface area (Å²) < 4.78 is 10.3. The Balaban J connectivity index is 2.70. The van der Waals surface area contributed by atoms with Crippen LogP contribution in [0.3, 0.4) is 0 Å². The van der Waals surface area contributed by atoms with Crippen molar-refractivity contribution in [3.8, 4) is 11.5 Å². The van der Waals surface area contributed by atoms with Gasteiger partial charge in [0.2, 0.25) is 5.91 Å². The van der Waals surface area contributed by atoms with E-state index in [0.717, 1.165) is 5.56 Å². The second-order valence-corrected chi connectivity index (χ2v) is 4.50. The van der Waals surface area contributed by atoms with E-state index in [-0.39, 0.29) is 12.8 Å². The molecule has 0 fully saturated rings. The van der Waals surface area contributed by atoms with Crippen LogP contribution in [0.2, 0.25) is 0 Å². The summed E-state index contributed by atoms with van der Waals surface area (Å²) in [4.78, 5) is 21.9. The first-order valence-corrected chi connectivity index (χ1v) is 6.42. The normalized spacial score (nSPS) is 11.7. The van der Waals surface area contributed by atoms with Crippen LogP contribution >= 0.6 is 0 Å². The minimum Gasteiger partial charge on any atom is -0.497 e. The van der Waals surface area contributed by atoms with Gasteiger partial charge in [0, 0.05) is 19.0 Å². The summed E-state index contributed by atoms with van der Waals surface area (Å²) in [5.41, 5.74) is 5.85. The molecular formula is C14H20N2O5. The van der Waals surface area contributed by atoms with Crippen molar-refractivity contribution in [1.82, 2.24) is 5.32 Å². The van der Waals surface area contributed by atoms with E-state index in [9.17, 15) is 9.59 Å². The second kappa shape index (κ2) is 8.11. The zero-order valence-corrected chi connectivity index (χ0v) is 12.1. The van der Waals surface area contributed by atoms with Gasteiger partial charge < -0.3 is 25.6 Å². The molecule has 0 bridgehead atoms. The standard InChI is InChI=1S/C14H20N2O5/c1-20-10-5-9(6-11(7-10)21-2)8-16-12(14(18)19)3-4-13(15)17/h5-7,12,16H,3-4,8H2,1-2H3,(H2,15,17)(H,18,19)/t12-/m0/s1. The van der Waals surface area contributed by atoms with Crippen LogP contribution in [0.15, 0.2) is 18.2 Å². The van der Waals surface area contributed by atoms with Crippen molar-refractivity contribution in [3.63, 3.8) is 0 Å². The van der Waals surface area contributed by atoms with Crippen LogP contribution in [0, 0.1) is 0 Å². The van der Waals surface area contributed by atoms with Gasteiger partial charge in [-0.2, -0.15) is 0 Å². The summed E-state index contributed by atoms with van der Waals surface area (Å²) in [6.07, 6.45) is 0.164. The van der Waals surface area contributed by atoms with Gasteiger partial charge in [-0.15, -0.1) is 0 Å². The van der Waals surface area contributed by atoms with Crippen molar-refractivity contribution in [2.24, 2.45) is 5.73 Å². The van der Waals surface area contributed by atoms with E-state index in [2.05, 4.69) is 5.32 Å². The predicted molar refractivity (Wildman–Crippen MR) is 76.2 cm³/mol. The number of carbonyl (C=O) groups excluding carboxylic acids is 1. The van der Waals surface area contributed by atoms with Gasteiger partial charge in [-0.05, 0) is 24.1 Å². The van der Waals surface area contributed by atoms with Crippen LogP contribution in [-0.2, 0) is 16.1 Å². The summed E-state index contributed by atoms with van der Waals surface area (Å²) in [6.45, 7) is 0.309. The third-order valence-electron chi connectivity index (χ3n) is 2.94. The topological polar surface area (TPSA) is 111 Å². The lowest BCUT2D eigenvalue weighted by atomic mass is 10.1. The summed E-state index contributed by atoms with van der Waals surface area (Å²) in [7, 11) is 3.08. The highest BCUT2D eigenvalue weighted by atomic mass is 16.5. The lowest BCUT2D eigenvalue weighted by molar-refractivity contribution is -0.139. The number of carboxylic acid groups (broad SMARTS) is 1. The summed E-state index contributed by atoms with van der Waals surface area (Å²) in [5, 5.41) is 12.0. The Morgan fingerprint density at radius 3 is 2.24 bits per heavy atom. The fourth-order valence-electron chi connectivity index (χ4n) is 1.81. The minimum absolute atomic E-state index is 0.0192. The maximum absolute atomic E-state index is 11.1. The molecule has 1 atom stereocenters. The van der Waals surface area contributed by atoms with Crippen LogP contribution in [0.1, 0.15) is 18.4 Å². The zero-order valence-electron chi connectivity index (χ0n) is 12.1. The van der Waals surface area contributed by atoms with Crippen LogP contribution in [0.4, 0.5) is 0 Å². The lowest BCUT2D eigenvalue weighted by Gasteiger charge is -2.14. The number of carboxylic acids is 1. The third kappa shape index (κ3) is 5.70. The number of primary amides is 1. The fourth-order valence-corrected chi connectivity index (χ4v) is 1.81. The van der Waals surface area contributed by atoms with Gasteiger partial charge >= 0.3 is 5.97 Å². The van der Waals surface area contributed by atoms with E-state index in [1.165, 1.54) is 0 Å². The molecule has 0 radical (unpaired) electrons. The molecule has 1 rings (SSSR count). The molecule has 0 spiro atoms. The molecule has 0 aliphatic heterocycles. The lowest BCUT2D eigenvalue weighted by Crippen LogP contribution is -2.37. The Kier molecular flexibility index (Phi) is 6.48. The average Bonchev–Trinajstić information content (AvgIpc) is 2.46. The van der Waals surface area contributed by atoms with Gasteiger partial charge in [0.15, 0.2) is 0 Å². The maximum atomic E-state index is 11.1. The average molecular weight is 296 g/mol. The van der Waals surface area contributed by atoms with Crippen molar-refractivity contribution in [2.45, 2.75) is 25.4 Å². The van der Waals surface area contributed by atoms with Gasteiger partial charge in [-0.1, -0.05) is 0 Å². The molecule has 0 heterocycles. The largest absolute Gasteiger partial charge is 0.497 e. The molecule has 1 aromatic rings. The monoisotopic (exact) mass is 296 g/mol. The maximum Gasteiger partial charge on any atom is 0.320 e. The predicted octanol–water partition coefficient (Wildman–Crippen LogP) is 0.512. The molecule has 7 nitrogen and oxygen atoms in total. The number of benzene rings is 1. The number of nitrogens with one attached hydrogen (secondary N) is 1. The molecule has 1 amide bonds. The van der Waals surface area contributed by atoms with Crippen molar-refractivity contribution < 1.29 is 24.2 Å². The van der Waals surface area contributed by atoms with Crippen LogP contribution in [-0.4, -0.2) is 37.2 Å². The van der Waals surface area contributed by atoms with Crippen LogP contribution in [0.5, 0.6) is 11.5 Å². The molecule has 0 aliphatic rings. The molecule has 0 aliphatic carbocycles. The highest BCUT2D eigenvalue weighted by Crippen LogP contribution is 2.22. The van der Waals surface area contributed by atoms with Gasteiger partial charge in [-0.3, -0.25) is 9.59 Å². The van der Waals surface area contributed by atoms with Crippen molar-refractivity contribution in [2.75, 3.05) is 14.2 Å². The molecule has 0 saturated carbocycles. The van der Waals surface area contributed by atoms with E-state index in [1.54, 1.807) is 32.4 Å². The molecule has 0 aromatic heterocycles. The summed E-state index contributed by atoms with van der Waals surface area (Å²) in [5.74, 6) is -0.303. The Bertz CT molecular complexity index is 482. The number of aliphatic carboxylic acids is 1. The number of carbonyl (C=O) groups is 2. The molecular weight excluding hydrogens is 276 g/mol. The molecule has 7 heteroatoms. The molecule has 21 heavy (non-hydrogen) atoms. The second-order valence-electron chi connectivity index (χ2n) is 4.50. The van der Waals surface area contributed by atoms with E-state index in [1.807, 2.05) is 0 Å². The number of hydrogen-bond donors (Lipinski definition) is 3. The van der Waals surface area contributed by atoms with Gasteiger partial charge in [0.1, 0.15) is 17.5 Å². The first-order chi connectivity index (χ1) is 9.96. The number of amides is 1. The molecule has 0 unspecified atom stereocenters. The van der Waals surface area contributed by atoms with E-state index in [4.69, 9.17) is 20.3 Å². The summed E-state index contributed by atoms with van der Waals surface area (Å²) in [6, 6.07) is 4.45. The van der Waals surface area contributed by atoms with Crippen molar-refractivity contribution in [1.29, 1.82) is 0 Å². The Labute approximate surface area is 123 Å². The van der Waals surface area contributed by atoms with Gasteiger partial charge in [0.05, 0.1) is 14.2 Å². The molecule has 1 aromatic carbocycles. The number of nitrogens with two attached hydrogens (primary N) is 1. The number of hydrogen-bond acceptors (Lipinski definition) is 5. The highest BCUT2D eigenvalue weighted by molar-refractivity contribution is 5.77. The van der Waals surface area contributed by atoms with E-state index in [0.29, 0.717) is 18.0 Å². The van der Waals surface area contributed by atoms with Crippen LogP contribution < -0.4 is 20.5 Å². The molecule has 4 N–H and O–H groups in total. The van der Waals surface area contributed by atoms with Gasteiger partial charge in [0.25, 0.3) is 0 Å². The summed E-state index contributed by atoms with van der Waals surface area (Å²) >= 11 is 0.